The van der Waals surface area contributed by atoms with Crippen LogP contribution in [0, 0.1) is 0 Å². The van der Waals surface area contributed by atoms with Crippen molar-refractivity contribution >= 4 is 37.6 Å². The van der Waals surface area contributed by atoms with Crippen LogP contribution < -0.4 is 10.6 Å². The molecule has 2 N–H and O–H groups in total. The van der Waals surface area contributed by atoms with Gasteiger partial charge in [-0.05, 0) is 0 Å². The standard InChI is InChI=1S/C11H14N4OSe/c1-2-12-7-6-10(16)13-8-4-3-5-9-11(8)15-17-14-9/h3-5,12H,2,6-7H2,1H3,(H,13,16). The van der Waals surface area contributed by atoms with Gasteiger partial charge < -0.3 is 0 Å². The Hall–Kier alpha value is -1.23. The second-order valence-corrected chi connectivity index (χ2v) is 4.70. The third-order valence-corrected chi connectivity index (χ3v) is 3.48. The van der Waals surface area contributed by atoms with E-state index in [1.807, 2.05) is 25.1 Å². The summed E-state index contributed by atoms with van der Waals surface area (Å²) in [6.07, 6.45) is 0.472. The van der Waals surface area contributed by atoms with Gasteiger partial charge in [0.2, 0.25) is 0 Å². The molecular weight excluding hydrogens is 283 g/mol. The van der Waals surface area contributed by atoms with E-state index in [4.69, 9.17) is 0 Å². The summed E-state index contributed by atoms with van der Waals surface area (Å²) in [5, 5.41) is 6.00. The van der Waals surface area contributed by atoms with E-state index < -0.39 is 0 Å². The normalized spacial score (nSPS) is 10.6. The third-order valence-electron chi connectivity index (χ3n) is 2.34. The Morgan fingerprint density at radius 1 is 1.41 bits per heavy atom. The quantitative estimate of drug-likeness (QED) is 0.627. The average Bonchev–Trinajstić information content (AvgIpc) is 2.78. The molecule has 0 aliphatic carbocycles. The number of fused-ring (bicyclic) bond motifs is 1. The van der Waals surface area contributed by atoms with Crippen LogP contribution in [0.2, 0.25) is 0 Å². The first-order valence-corrected chi connectivity index (χ1v) is 7.06. The first-order chi connectivity index (χ1) is 8.31. The Morgan fingerprint density at radius 3 is 3.12 bits per heavy atom. The zero-order chi connectivity index (χ0) is 12.1. The van der Waals surface area contributed by atoms with Crippen LogP contribution in [0.15, 0.2) is 18.2 Å². The second kappa shape index (κ2) is 5.91. The van der Waals surface area contributed by atoms with Gasteiger partial charge in [-0.2, -0.15) is 0 Å². The fraction of sp³-hybridized carbons (Fsp3) is 0.364. The number of anilines is 1. The van der Waals surface area contributed by atoms with E-state index in [9.17, 15) is 4.79 Å². The molecule has 1 amide bonds. The summed E-state index contributed by atoms with van der Waals surface area (Å²) in [5.74, 6) is 0.00829. The topological polar surface area (TPSA) is 66.9 Å². The summed E-state index contributed by atoms with van der Waals surface area (Å²) in [6, 6.07) is 5.67. The Kier molecular flexibility index (Phi) is 4.25. The van der Waals surface area contributed by atoms with Gasteiger partial charge in [0.15, 0.2) is 0 Å². The van der Waals surface area contributed by atoms with Crippen molar-refractivity contribution < 1.29 is 4.79 Å². The van der Waals surface area contributed by atoms with E-state index in [-0.39, 0.29) is 20.9 Å². The molecule has 1 heterocycles. The zero-order valence-electron chi connectivity index (χ0n) is 9.56. The number of rotatable bonds is 5. The second-order valence-electron chi connectivity index (χ2n) is 3.59. The van der Waals surface area contributed by atoms with Gasteiger partial charge in [0, 0.05) is 0 Å². The van der Waals surface area contributed by atoms with Crippen molar-refractivity contribution in [2.24, 2.45) is 0 Å². The molecule has 0 saturated carbocycles. The van der Waals surface area contributed by atoms with Gasteiger partial charge in [-0.25, -0.2) is 0 Å². The van der Waals surface area contributed by atoms with E-state index >= 15 is 0 Å². The molecule has 1 aromatic carbocycles. The van der Waals surface area contributed by atoms with E-state index in [1.165, 1.54) is 0 Å². The number of carbonyl (C=O) groups is 1. The van der Waals surface area contributed by atoms with Crippen molar-refractivity contribution in [1.82, 2.24) is 13.3 Å². The predicted octanol–water partition coefficient (Wildman–Crippen LogP) is 0.625. The van der Waals surface area contributed by atoms with Crippen molar-refractivity contribution in [2.45, 2.75) is 13.3 Å². The molecule has 2 rings (SSSR count). The molecule has 90 valence electrons. The molecule has 0 bridgehead atoms. The molecule has 0 unspecified atom stereocenters. The minimum atomic E-state index is -0.0626. The molecule has 0 radical (unpaired) electrons. The van der Waals surface area contributed by atoms with Gasteiger partial charge in [-0.3, -0.25) is 0 Å². The molecule has 0 aliphatic heterocycles. The summed E-state index contributed by atoms with van der Waals surface area (Å²) < 4.78 is 8.59. The van der Waals surface area contributed by atoms with Gasteiger partial charge >= 0.3 is 106 Å². The number of carbonyl (C=O) groups excluding carboxylic acids is 1. The van der Waals surface area contributed by atoms with Crippen LogP contribution >= 0.6 is 0 Å². The molecule has 17 heavy (non-hydrogen) atoms. The number of nitrogens with zero attached hydrogens (tertiary/aromatic N) is 2. The number of hydrogen-bond donors (Lipinski definition) is 2. The summed E-state index contributed by atoms with van der Waals surface area (Å²) in [5.41, 5.74) is 2.48. The maximum atomic E-state index is 11.7. The third kappa shape index (κ3) is 3.12. The molecule has 0 fully saturated rings. The molecule has 6 heteroatoms. The number of nitrogens with one attached hydrogen (secondary N) is 2. The molecule has 1 aromatic heterocycles. The number of amides is 1. The molecule has 2 aromatic rings. The van der Waals surface area contributed by atoms with Crippen molar-refractivity contribution in [2.75, 3.05) is 18.4 Å². The maximum absolute atomic E-state index is 11.7. The SMILES string of the molecule is CCNCCC(=O)Nc1cccc2n[se]nc12. The van der Waals surface area contributed by atoms with Crippen molar-refractivity contribution in [3.05, 3.63) is 18.2 Å². The number of hydrogen-bond acceptors (Lipinski definition) is 4. The van der Waals surface area contributed by atoms with Crippen LogP contribution in [0.5, 0.6) is 0 Å². The summed E-state index contributed by atoms with van der Waals surface area (Å²) >= 11 is -0.0626. The van der Waals surface area contributed by atoms with Gasteiger partial charge in [0.1, 0.15) is 0 Å². The Bertz CT molecular complexity index is 511. The van der Waals surface area contributed by atoms with Gasteiger partial charge in [0.25, 0.3) is 0 Å². The molecule has 0 saturated heterocycles. The minimum absolute atomic E-state index is 0.00829. The van der Waals surface area contributed by atoms with Crippen LogP contribution in [0.25, 0.3) is 11.0 Å². The van der Waals surface area contributed by atoms with Crippen LogP contribution in [-0.4, -0.2) is 41.9 Å². The van der Waals surface area contributed by atoms with Crippen LogP contribution in [0.3, 0.4) is 0 Å². The molecule has 0 atom stereocenters. The zero-order valence-corrected chi connectivity index (χ0v) is 11.3. The number of benzene rings is 1. The van der Waals surface area contributed by atoms with Crippen molar-refractivity contribution in [1.29, 1.82) is 0 Å². The average molecular weight is 297 g/mol. The summed E-state index contributed by atoms with van der Waals surface area (Å²) in [6.45, 7) is 3.60. The molecule has 0 spiro atoms. The number of aromatic nitrogens is 2. The van der Waals surface area contributed by atoms with Crippen LogP contribution in [-0.2, 0) is 4.79 Å². The predicted molar refractivity (Wildman–Crippen MR) is 68.3 cm³/mol. The summed E-state index contributed by atoms with van der Waals surface area (Å²) in [7, 11) is 0. The Labute approximate surface area is 106 Å². The monoisotopic (exact) mass is 298 g/mol. The van der Waals surface area contributed by atoms with Crippen LogP contribution in [0.1, 0.15) is 13.3 Å². The van der Waals surface area contributed by atoms with Gasteiger partial charge in [-0.15, -0.1) is 0 Å². The van der Waals surface area contributed by atoms with E-state index in [0.717, 1.165) is 23.3 Å². The fourth-order valence-electron chi connectivity index (χ4n) is 1.50. The van der Waals surface area contributed by atoms with Crippen molar-refractivity contribution in [3.63, 3.8) is 0 Å². The Balaban J connectivity index is 2.03. The van der Waals surface area contributed by atoms with E-state index in [1.54, 1.807) is 0 Å². The Morgan fingerprint density at radius 2 is 2.29 bits per heavy atom. The van der Waals surface area contributed by atoms with Crippen LogP contribution in [0.4, 0.5) is 5.69 Å². The van der Waals surface area contributed by atoms with E-state index in [0.29, 0.717) is 13.0 Å². The van der Waals surface area contributed by atoms with E-state index in [2.05, 4.69) is 18.6 Å². The molecular formula is C11H14N4OSe. The van der Waals surface area contributed by atoms with Crippen molar-refractivity contribution in [3.8, 4) is 0 Å². The summed E-state index contributed by atoms with van der Waals surface area (Å²) in [4.78, 5) is 11.7. The molecule has 0 aliphatic rings. The van der Waals surface area contributed by atoms with Gasteiger partial charge in [0.05, 0.1) is 0 Å². The first kappa shape index (κ1) is 12.2. The fourth-order valence-corrected chi connectivity index (χ4v) is 2.65. The molecule has 5 nitrogen and oxygen atoms in total. The van der Waals surface area contributed by atoms with Gasteiger partial charge in [-0.1, -0.05) is 0 Å². The first-order valence-electron chi connectivity index (χ1n) is 5.53.